The molecule has 2 heteroatoms. The van der Waals surface area contributed by atoms with E-state index in [-0.39, 0.29) is 0 Å². The zero-order valence-corrected chi connectivity index (χ0v) is 16.2. The van der Waals surface area contributed by atoms with Crippen molar-refractivity contribution in [2.24, 2.45) is 0 Å². The van der Waals surface area contributed by atoms with Crippen LogP contribution in [0, 0.1) is 0 Å². The normalized spacial score (nSPS) is 10.3. The second-order valence-electron chi connectivity index (χ2n) is 6.83. The van der Waals surface area contributed by atoms with Crippen LogP contribution in [0.15, 0.2) is 110 Å². The molecule has 0 aliphatic heterocycles. The fraction of sp³-hybridized carbons (Fsp3) is 0.0370. The van der Waals surface area contributed by atoms with Gasteiger partial charge in [-0.1, -0.05) is 79.4 Å². The Hall–Kier alpha value is -3.78. The lowest BCUT2D eigenvalue weighted by molar-refractivity contribution is 0.306. The van der Waals surface area contributed by atoms with E-state index in [0.29, 0.717) is 6.61 Å². The van der Waals surface area contributed by atoms with E-state index in [1.807, 2.05) is 48.5 Å². The molecule has 0 aromatic heterocycles. The summed E-state index contributed by atoms with van der Waals surface area (Å²) in [5.74, 6) is 0.850. The first-order valence-electron chi connectivity index (χ1n) is 9.67. The Morgan fingerprint density at radius 3 is 1.86 bits per heavy atom. The molecule has 2 nitrogen and oxygen atoms in total. The molecule has 0 atom stereocenters. The van der Waals surface area contributed by atoms with Crippen molar-refractivity contribution in [2.45, 2.75) is 6.61 Å². The first-order chi connectivity index (χ1) is 14.3. The SMILES string of the molecule is C=Cc1ccc(COc2ccc(Nc3ccc(-c4ccccc4)cc3)cc2)cc1. The van der Waals surface area contributed by atoms with Gasteiger partial charge in [0.05, 0.1) is 0 Å². The molecule has 142 valence electrons. The van der Waals surface area contributed by atoms with Gasteiger partial charge in [-0.25, -0.2) is 0 Å². The lowest BCUT2D eigenvalue weighted by Gasteiger charge is -2.10. The number of anilines is 2. The Balaban J connectivity index is 1.34. The van der Waals surface area contributed by atoms with E-state index < -0.39 is 0 Å². The van der Waals surface area contributed by atoms with Crippen LogP contribution >= 0.6 is 0 Å². The molecule has 0 saturated carbocycles. The number of hydrogen-bond acceptors (Lipinski definition) is 2. The molecular formula is C27H23NO. The highest BCUT2D eigenvalue weighted by Gasteiger charge is 2.00. The Morgan fingerprint density at radius 1 is 0.655 bits per heavy atom. The molecule has 0 spiro atoms. The van der Waals surface area contributed by atoms with Gasteiger partial charge in [0.1, 0.15) is 12.4 Å². The Morgan fingerprint density at radius 2 is 1.24 bits per heavy atom. The molecule has 4 aromatic carbocycles. The number of rotatable bonds is 7. The van der Waals surface area contributed by atoms with E-state index in [0.717, 1.165) is 28.3 Å². The van der Waals surface area contributed by atoms with E-state index in [4.69, 9.17) is 4.74 Å². The summed E-state index contributed by atoms with van der Waals surface area (Å²) >= 11 is 0. The van der Waals surface area contributed by atoms with Crippen LogP contribution in [0.3, 0.4) is 0 Å². The number of ether oxygens (including phenoxy) is 1. The van der Waals surface area contributed by atoms with Gasteiger partial charge >= 0.3 is 0 Å². The monoisotopic (exact) mass is 377 g/mol. The lowest BCUT2D eigenvalue weighted by atomic mass is 10.1. The molecule has 0 amide bonds. The third-order valence-corrected chi connectivity index (χ3v) is 4.76. The van der Waals surface area contributed by atoms with Gasteiger partial charge in [0.15, 0.2) is 0 Å². The summed E-state index contributed by atoms with van der Waals surface area (Å²) in [6, 6.07) is 35.1. The van der Waals surface area contributed by atoms with Gasteiger partial charge in [-0.15, -0.1) is 0 Å². The summed E-state index contributed by atoms with van der Waals surface area (Å²) in [6.07, 6.45) is 1.84. The average molecular weight is 377 g/mol. The van der Waals surface area contributed by atoms with Crippen LogP contribution in [0.25, 0.3) is 17.2 Å². The van der Waals surface area contributed by atoms with Crippen molar-refractivity contribution in [3.8, 4) is 16.9 Å². The van der Waals surface area contributed by atoms with E-state index in [1.54, 1.807) is 0 Å². The topological polar surface area (TPSA) is 21.3 Å². The summed E-state index contributed by atoms with van der Waals surface area (Å²) in [6.45, 7) is 4.32. The predicted molar refractivity (Wildman–Crippen MR) is 122 cm³/mol. The molecule has 4 rings (SSSR count). The van der Waals surface area contributed by atoms with E-state index in [9.17, 15) is 0 Å². The van der Waals surface area contributed by atoms with Gasteiger partial charge in [0.2, 0.25) is 0 Å². The lowest BCUT2D eigenvalue weighted by Crippen LogP contribution is -1.96. The summed E-state index contributed by atoms with van der Waals surface area (Å²) in [5, 5.41) is 3.43. The number of nitrogens with one attached hydrogen (secondary N) is 1. The standard InChI is InChI=1S/C27H23NO/c1-2-21-8-10-22(11-9-21)20-29-27-18-16-26(17-19-27)28-25-14-12-24(13-15-25)23-6-4-3-5-7-23/h2-19,28H,1,20H2. The third kappa shape index (κ3) is 4.94. The Kier molecular flexibility index (Phi) is 5.73. The maximum Gasteiger partial charge on any atom is 0.119 e. The van der Waals surface area contributed by atoms with Crippen molar-refractivity contribution in [1.29, 1.82) is 0 Å². The smallest absolute Gasteiger partial charge is 0.119 e. The second-order valence-corrected chi connectivity index (χ2v) is 6.83. The van der Waals surface area contributed by atoms with Crippen molar-refractivity contribution in [1.82, 2.24) is 0 Å². The van der Waals surface area contributed by atoms with Crippen LogP contribution in [0.5, 0.6) is 5.75 Å². The first-order valence-corrected chi connectivity index (χ1v) is 9.67. The largest absolute Gasteiger partial charge is 0.489 e. The highest BCUT2D eigenvalue weighted by atomic mass is 16.5. The van der Waals surface area contributed by atoms with Crippen LogP contribution in [0.4, 0.5) is 11.4 Å². The molecule has 4 aromatic rings. The molecule has 0 saturated heterocycles. The first kappa shape index (κ1) is 18.6. The highest BCUT2D eigenvalue weighted by Crippen LogP contribution is 2.24. The van der Waals surface area contributed by atoms with E-state index >= 15 is 0 Å². The Bertz CT molecular complexity index is 1050. The van der Waals surface area contributed by atoms with Crippen LogP contribution in [0.2, 0.25) is 0 Å². The van der Waals surface area contributed by atoms with E-state index in [2.05, 4.69) is 72.6 Å². The van der Waals surface area contributed by atoms with Crippen molar-refractivity contribution in [2.75, 3.05) is 5.32 Å². The molecule has 0 aliphatic carbocycles. The number of benzene rings is 4. The molecule has 0 radical (unpaired) electrons. The van der Waals surface area contributed by atoms with Crippen molar-refractivity contribution in [3.05, 3.63) is 121 Å². The molecule has 1 N–H and O–H groups in total. The molecule has 0 unspecified atom stereocenters. The van der Waals surface area contributed by atoms with Gasteiger partial charge in [-0.05, 0) is 58.7 Å². The molecule has 0 bridgehead atoms. The number of hydrogen-bond donors (Lipinski definition) is 1. The molecule has 29 heavy (non-hydrogen) atoms. The van der Waals surface area contributed by atoms with Gasteiger partial charge in [0, 0.05) is 11.4 Å². The molecule has 0 fully saturated rings. The predicted octanol–water partition coefficient (Wildman–Crippen LogP) is 7.32. The van der Waals surface area contributed by atoms with Crippen LogP contribution in [-0.4, -0.2) is 0 Å². The fourth-order valence-electron chi connectivity index (χ4n) is 3.09. The molecule has 0 aliphatic rings. The van der Waals surface area contributed by atoms with Crippen molar-refractivity contribution < 1.29 is 4.74 Å². The summed E-state index contributed by atoms with van der Waals surface area (Å²) in [4.78, 5) is 0. The summed E-state index contributed by atoms with van der Waals surface area (Å²) < 4.78 is 5.88. The third-order valence-electron chi connectivity index (χ3n) is 4.76. The zero-order chi connectivity index (χ0) is 19.9. The maximum absolute atomic E-state index is 5.88. The fourth-order valence-corrected chi connectivity index (χ4v) is 3.09. The second kappa shape index (κ2) is 8.94. The van der Waals surface area contributed by atoms with E-state index in [1.165, 1.54) is 11.1 Å². The van der Waals surface area contributed by atoms with Crippen LogP contribution in [0.1, 0.15) is 11.1 Å². The maximum atomic E-state index is 5.88. The van der Waals surface area contributed by atoms with Crippen LogP contribution < -0.4 is 10.1 Å². The summed E-state index contributed by atoms with van der Waals surface area (Å²) in [5.41, 5.74) is 6.76. The quantitative estimate of drug-likeness (QED) is 0.364. The van der Waals surface area contributed by atoms with Crippen LogP contribution in [-0.2, 0) is 6.61 Å². The highest BCUT2D eigenvalue weighted by molar-refractivity contribution is 5.68. The minimum atomic E-state index is 0.547. The van der Waals surface area contributed by atoms with Gasteiger partial charge < -0.3 is 10.1 Å². The average Bonchev–Trinajstić information content (AvgIpc) is 2.80. The molecule has 0 heterocycles. The van der Waals surface area contributed by atoms with Crippen molar-refractivity contribution >= 4 is 17.5 Å². The van der Waals surface area contributed by atoms with Gasteiger partial charge in [-0.3, -0.25) is 0 Å². The minimum Gasteiger partial charge on any atom is -0.489 e. The van der Waals surface area contributed by atoms with Gasteiger partial charge in [-0.2, -0.15) is 0 Å². The van der Waals surface area contributed by atoms with Gasteiger partial charge in [0.25, 0.3) is 0 Å². The summed E-state index contributed by atoms with van der Waals surface area (Å²) in [7, 11) is 0. The Labute approximate surface area is 172 Å². The zero-order valence-electron chi connectivity index (χ0n) is 16.2. The van der Waals surface area contributed by atoms with Crippen molar-refractivity contribution in [3.63, 3.8) is 0 Å². The molecular weight excluding hydrogens is 354 g/mol. The minimum absolute atomic E-state index is 0.547.